The van der Waals surface area contributed by atoms with Gasteiger partial charge in [0.2, 0.25) is 0 Å². The topological polar surface area (TPSA) is 12.0 Å². The zero-order valence-corrected chi connectivity index (χ0v) is 13.3. The Bertz CT molecular complexity index is 299. The molecule has 1 rings (SSSR count). The third-order valence-electron chi connectivity index (χ3n) is 2.25. The van der Waals surface area contributed by atoms with Gasteiger partial charge in [0, 0.05) is 16.7 Å². The maximum absolute atomic E-state index is 3.51. The normalized spacial score (nSPS) is 13.3. The highest BCUT2D eigenvalue weighted by molar-refractivity contribution is 9.11. The smallest absolute Gasteiger partial charge is 0.0701 e. The van der Waals surface area contributed by atoms with E-state index < -0.39 is 0 Å². The summed E-state index contributed by atoms with van der Waals surface area (Å²) in [6.07, 6.45) is 1.14. The predicted molar refractivity (Wildman–Crippen MR) is 80.7 cm³/mol. The number of hydrogen-bond donors (Lipinski definition) is 1. The number of nitrogens with one attached hydrogen (secondary N) is 1. The van der Waals surface area contributed by atoms with Gasteiger partial charge in [-0.15, -0.1) is 11.3 Å². The van der Waals surface area contributed by atoms with Gasteiger partial charge >= 0.3 is 0 Å². The molecule has 0 aromatic carbocycles. The average Bonchev–Trinajstić information content (AvgIpc) is 2.62. The van der Waals surface area contributed by atoms with Gasteiger partial charge in [0.25, 0.3) is 0 Å². The van der Waals surface area contributed by atoms with Crippen LogP contribution in [0, 0.1) is 5.92 Å². The largest absolute Gasteiger partial charge is 0.316 e. The molecule has 0 spiro atoms. The second-order valence-corrected chi connectivity index (χ2v) is 7.95. The van der Waals surface area contributed by atoms with Gasteiger partial charge in [-0.3, -0.25) is 0 Å². The van der Waals surface area contributed by atoms with Crippen LogP contribution in [-0.2, 0) is 6.42 Å². The average molecular weight is 322 g/mol. The van der Waals surface area contributed by atoms with E-state index in [4.69, 9.17) is 0 Å². The molecule has 1 atom stereocenters. The lowest BCUT2D eigenvalue weighted by atomic mass is 10.2. The van der Waals surface area contributed by atoms with E-state index >= 15 is 0 Å². The summed E-state index contributed by atoms with van der Waals surface area (Å²) < 4.78 is 1.23. The number of hydrogen-bond acceptors (Lipinski definition) is 3. The molecule has 0 fully saturated rings. The molecule has 0 aliphatic carbocycles. The third-order valence-corrected chi connectivity index (χ3v) is 5.44. The number of thiophene rings is 1. The fraction of sp³-hybridized carbons (Fsp3) is 0.667. The molecule has 1 aromatic heterocycles. The predicted octanol–water partition coefficient (Wildman–Crippen LogP) is 4.03. The van der Waals surface area contributed by atoms with Crippen molar-refractivity contribution in [1.82, 2.24) is 5.32 Å². The second-order valence-electron chi connectivity index (χ2n) is 4.33. The summed E-state index contributed by atoms with van der Waals surface area (Å²) in [4.78, 5) is 1.45. The number of thioether (sulfide) groups is 1. The van der Waals surface area contributed by atoms with Crippen LogP contribution in [-0.4, -0.2) is 24.6 Å². The Morgan fingerprint density at radius 3 is 2.62 bits per heavy atom. The molecule has 1 unspecified atom stereocenters. The molecule has 1 nitrogen and oxygen atoms in total. The molecule has 16 heavy (non-hydrogen) atoms. The molecule has 0 saturated carbocycles. The van der Waals surface area contributed by atoms with E-state index in [1.807, 2.05) is 11.3 Å². The Labute approximate surface area is 116 Å². The Morgan fingerprint density at radius 2 is 2.12 bits per heavy atom. The number of halogens is 1. The lowest BCUT2D eigenvalue weighted by molar-refractivity contribution is 0.620. The van der Waals surface area contributed by atoms with Gasteiger partial charge in [0.05, 0.1) is 3.79 Å². The van der Waals surface area contributed by atoms with Crippen molar-refractivity contribution in [3.05, 3.63) is 20.8 Å². The van der Waals surface area contributed by atoms with Crippen LogP contribution >= 0.6 is 39.0 Å². The summed E-state index contributed by atoms with van der Waals surface area (Å²) in [6, 6.07) is 4.94. The molecule has 0 saturated heterocycles. The van der Waals surface area contributed by atoms with Gasteiger partial charge in [-0.25, -0.2) is 0 Å². The summed E-state index contributed by atoms with van der Waals surface area (Å²) >= 11 is 7.40. The van der Waals surface area contributed by atoms with Gasteiger partial charge in [-0.05, 0) is 53.2 Å². The maximum Gasteiger partial charge on any atom is 0.0701 e. The zero-order chi connectivity index (χ0) is 12.0. The number of rotatable bonds is 7. The summed E-state index contributed by atoms with van der Waals surface area (Å²) in [5, 5.41) is 3.40. The van der Waals surface area contributed by atoms with Crippen molar-refractivity contribution in [2.75, 3.05) is 18.6 Å². The van der Waals surface area contributed by atoms with Crippen LogP contribution in [0.2, 0.25) is 0 Å². The first-order chi connectivity index (χ1) is 7.61. The maximum atomic E-state index is 3.51. The van der Waals surface area contributed by atoms with Crippen molar-refractivity contribution in [1.29, 1.82) is 0 Å². The van der Waals surface area contributed by atoms with Crippen molar-refractivity contribution in [2.45, 2.75) is 26.3 Å². The van der Waals surface area contributed by atoms with Crippen molar-refractivity contribution in [2.24, 2.45) is 5.92 Å². The standard InChI is InChI=1S/C12H20BrNS2/c1-9(2)7-15-8-10(14-3)6-11-4-5-12(13)16-11/h4-5,9-10,14H,6-8H2,1-3H3. The van der Waals surface area contributed by atoms with Gasteiger partial charge < -0.3 is 5.32 Å². The fourth-order valence-corrected chi connectivity index (χ4v) is 4.13. The molecule has 0 radical (unpaired) electrons. The van der Waals surface area contributed by atoms with Crippen molar-refractivity contribution >= 4 is 39.0 Å². The Hall–Kier alpha value is 0.490. The third kappa shape index (κ3) is 5.71. The molecule has 0 aliphatic rings. The summed E-state index contributed by atoms with van der Waals surface area (Å²) in [5.41, 5.74) is 0. The highest BCUT2D eigenvalue weighted by Gasteiger charge is 2.09. The van der Waals surface area contributed by atoms with E-state index in [9.17, 15) is 0 Å². The monoisotopic (exact) mass is 321 g/mol. The Balaban J connectivity index is 2.31. The molecule has 0 bridgehead atoms. The van der Waals surface area contributed by atoms with E-state index in [1.54, 1.807) is 0 Å². The quantitative estimate of drug-likeness (QED) is 0.813. The van der Waals surface area contributed by atoms with E-state index in [0.717, 1.165) is 12.3 Å². The van der Waals surface area contributed by atoms with Crippen LogP contribution in [0.15, 0.2) is 15.9 Å². The van der Waals surface area contributed by atoms with Crippen molar-refractivity contribution in [3.8, 4) is 0 Å². The molecule has 0 aliphatic heterocycles. The lowest BCUT2D eigenvalue weighted by Gasteiger charge is -2.15. The lowest BCUT2D eigenvalue weighted by Crippen LogP contribution is -2.30. The summed E-state index contributed by atoms with van der Waals surface area (Å²) in [7, 11) is 2.06. The Morgan fingerprint density at radius 1 is 1.38 bits per heavy atom. The molecule has 1 heterocycles. The van der Waals surface area contributed by atoms with Gasteiger partial charge in [0.1, 0.15) is 0 Å². The first-order valence-corrected chi connectivity index (χ1v) is 8.37. The van der Waals surface area contributed by atoms with E-state index in [1.165, 1.54) is 20.2 Å². The summed E-state index contributed by atoms with van der Waals surface area (Å²) in [5.74, 6) is 3.25. The minimum Gasteiger partial charge on any atom is -0.316 e. The minimum absolute atomic E-state index is 0.592. The Kier molecular flexibility index (Phi) is 7.04. The van der Waals surface area contributed by atoms with Gasteiger partial charge in [-0.1, -0.05) is 13.8 Å². The first-order valence-electron chi connectivity index (χ1n) is 5.61. The highest BCUT2D eigenvalue weighted by atomic mass is 79.9. The van der Waals surface area contributed by atoms with Crippen molar-refractivity contribution in [3.63, 3.8) is 0 Å². The number of likely N-dealkylation sites (N-methyl/N-ethyl adjacent to an activating group) is 1. The molecule has 1 aromatic rings. The summed E-state index contributed by atoms with van der Waals surface area (Å²) in [6.45, 7) is 4.55. The second kappa shape index (κ2) is 7.75. The van der Waals surface area contributed by atoms with Crippen LogP contribution < -0.4 is 5.32 Å². The molecular weight excluding hydrogens is 302 g/mol. The van der Waals surface area contributed by atoms with Crippen LogP contribution in [0.5, 0.6) is 0 Å². The van der Waals surface area contributed by atoms with E-state index in [2.05, 4.69) is 66.0 Å². The van der Waals surface area contributed by atoms with Gasteiger partial charge in [0.15, 0.2) is 0 Å². The molecular formula is C12H20BrNS2. The highest BCUT2D eigenvalue weighted by Crippen LogP contribution is 2.23. The van der Waals surface area contributed by atoms with E-state index in [-0.39, 0.29) is 0 Å². The van der Waals surface area contributed by atoms with Crippen molar-refractivity contribution < 1.29 is 0 Å². The SMILES string of the molecule is CNC(CSCC(C)C)Cc1ccc(Br)s1. The van der Waals surface area contributed by atoms with Gasteiger partial charge in [-0.2, -0.15) is 11.8 Å². The van der Waals surface area contributed by atoms with E-state index in [0.29, 0.717) is 6.04 Å². The fourth-order valence-electron chi connectivity index (χ4n) is 1.39. The minimum atomic E-state index is 0.592. The van der Waals surface area contributed by atoms with Crippen LogP contribution in [0.4, 0.5) is 0 Å². The van der Waals surface area contributed by atoms with Crippen LogP contribution in [0.3, 0.4) is 0 Å². The first kappa shape index (κ1) is 14.6. The van der Waals surface area contributed by atoms with Crippen LogP contribution in [0.1, 0.15) is 18.7 Å². The molecule has 1 N–H and O–H groups in total. The molecule has 0 amide bonds. The molecule has 4 heteroatoms. The van der Waals surface area contributed by atoms with Crippen LogP contribution in [0.25, 0.3) is 0 Å². The zero-order valence-electron chi connectivity index (χ0n) is 10.1. The molecule has 92 valence electrons.